The van der Waals surface area contributed by atoms with Crippen LogP contribution in [0.3, 0.4) is 0 Å². The van der Waals surface area contributed by atoms with Gasteiger partial charge in [0, 0.05) is 23.7 Å². The number of carbonyl (C=O) groups is 1. The van der Waals surface area contributed by atoms with Gasteiger partial charge in [-0.05, 0) is 17.7 Å². The topological polar surface area (TPSA) is 156 Å². The number of methoxy groups -OCH3 is 1. The van der Waals surface area contributed by atoms with Gasteiger partial charge in [-0.3, -0.25) is 0 Å². The number of sulfonamides is 1. The Morgan fingerprint density at radius 3 is 2.30 bits per heavy atom. The number of benzene rings is 2. The summed E-state index contributed by atoms with van der Waals surface area (Å²) in [6, 6.07) is 14.5. The molecule has 0 saturated carbocycles. The van der Waals surface area contributed by atoms with E-state index in [2.05, 4.69) is 19.8 Å². The van der Waals surface area contributed by atoms with Crippen molar-refractivity contribution in [2.75, 3.05) is 12.8 Å². The van der Waals surface area contributed by atoms with Crippen molar-refractivity contribution in [3.8, 4) is 17.2 Å². The summed E-state index contributed by atoms with van der Waals surface area (Å²) >= 11 is 0. The Balaban J connectivity index is 1.86. The molecule has 0 unspecified atom stereocenters. The molecule has 2 aromatic carbocycles. The van der Waals surface area contributed by atoms with Crippen LogP contribution in [0, 0.1) is 0 Å². The first-order chi connectivity index (χ1) is 17.4. The molecule has 0 atom stereocenters. The Morgan fingerprint density at radius 2 is 1.73 bits per heavy atom. The number of esters is 1. The molecule has 4 rings (SSSR count). The molecule has 0 radical (unpaired) electrons. The van der Waals surface area contributed by atoms with E-state index in [1.54, 1.807) is 30.3 Å². The van der Waals surface area contributed by atoms with Gasteiger partial charge in [-0.1, -0.05) is 42.5 Å². The highest BCUT2D eigenvalue weighted by Gasteiger charge is 2.39. The quantitative estimate of drug-likeness (QED) is 0.359. The van der Waals surface area contributed by atoms with Gasteiger partial charge in [0.15, 0.2) is 5.69 Å². The minimum absolute atomic E-state index is 0.0479. The van der Waals surface area contributed by atoms with E-state index in [1.807, 2.05) is 0 Å². The standard InChI is InChI=1S/C23H19F3N6O4S/c1-36-21(33)17-12-29-22(30-19(17)23(24,25)26)32-20(27)16(18(31-32)14-5-3-2-4-6-14)11-13-7-9-15(10-8-13)37(28,34)35/h2-10,12H,11,27H2,1H3,(H2,28,34,35). The Bertz CT molecular complexity index is 1570. The Kier molecular flexibility index (Phi) is 6.71. The number of anilines is 1. The SMILES string of the molecule is COC(=O)c1cnc(-n2nc(-c3ccccc3)c(Cc3ccc(S(N)(=O)=O)cc3)c2N)nc1C(F)(F)F. The fourth-order valence-corrected chi connectivity index (χ4v) is 4.08. The zero-order chi connectivity index (χ0) is 27.0. The molecule has 4 aromatic rings. The summed E-state index contributed by atoms with van der Waals surface area (Å²) < 4.78 is 69.5. The van der Waals surface area contributed by atoms with Crippen molar-refractivity contribution >= 4 is 21.8 Å². The number of primary sulfonamides is 1. The van der Waals surface area contributed by atoms with E-state index >= 15 is 0 Å². The van der Waals surface area contributed by atoms with Crippen LogP contribution in [-0.4, -0.2) is 41.2 Å². The third kappa shape index (κ3) is 5.29. The number of alkyl halides is 3. The molecule has 0 aliphatic carbocycles. The number of nitrogen functional groups attached to an aromatic ring is 1. The highest BCUT2D eigenvalue weighted by atomic mass is 32.2. The van der Waals surface area contributed by atoms with Crippen molar-refractivity contribution in [2.24, 2.45) is 5.14 Å². The van der Waals surface area contributed by atoms with Crippen LogP contribution in [0.1, 0.15) is 27.2 Å². The lowest BCUT2D eigenvalue weighted by Crippen LogP contribution is -2.20. The third-order valence-electron chi connectivity index (χ3n) is 5.34. The minimum atomic E-state index is -4.99. The molecule has 14 heteroatoms. The molecule has 192 valence electrons. The number of rotatable bonds is 6. The number of halogens is 3. The molecule has 2 heterocycles. The maximum atomic E-state index is 13.7. The van der Waals surface area contributed by atoms with E-state index < -0.39 is 39.4 Å². The van der Waals surface area contributed by atoms with E-state index in [0.717, 1.165) is 11.8 Å². The van der Waals surface area contributed by atoms with Crippen LogP contribution in [0.15, 0.2) is 65.7 Å². The van der Waals surface area contributed by atoms with Gasteiger partial charge in [-0.2, -0.15) is 23.0 Å². The first-order valence-corrected chi connectivity index (χ1v) is 12.0. The second-order valence-electron chi connectivity index (χ2n) is 7.78. The lowest BCUT2D eigenvalue weighted by Gasteiger charge is -2.12. The fraction of sp³-hybridized carbons (Fsp3) is 0.130. The zero-order valence-corrected chi connectivity index (χ0v) is 19.9. The van der Waals surface area contributed by atoms with Gasteiger partial charge in [0.25, 0.3) is 5.95 Å². The molecule has 37 heavy (non-hydrogen) atoms. The van der Waals surface area contributed by atoms with Gasteiger partial charge in [0.2, 0.25) is 10.0 Å². The molecular weight excluding hydrogens is 513 g/mol. The lowest BCUT2D eigenvalue weighted by atomic mass is 10.0. The first-order valence-electron chi connectivity index (χ1n) is 10.5. The molecular formula is C23H19F3N6O4S. The number of hydrogen-bond acceptors (Lipinski definition) is 8. The zero-order valence-electron chi connectivity index (χ0n) is 19.1. The molecule has 4 N–H and O–H groups in total. The van der Waals surface area contributed by atoms with Crippen molar-refractivity contribution in [3.05, 3.63) is 83.2 Å². The van der Waals surface area contributed by atoms with Gasteiger partial charge in [-0.25, -0.2) is 28.3 Å². The average molecular weight is 533 g/mol. The monoisotopic (exact) mass is 532 g/mol. The number of nitrogens with two attached hydrogens (primary N) is 2. The van der Waals surface area contributed by atoms with Crippen LogP contribution in [0.2, 0.25) is 0 Å². The largest absolute Gasteiger partial charge is 0.465 e. The van der Waals surface area contributed by atoms with Gasteiger partial charge in [-0.15, -0.1) is 0 Å². The number of hydrogen-bond donors (Lipinski definition) is 2. The first kappa shape index (κ1) is 25.8. The predicted octanol–water partition coefficient (Wildman–Crippen LogP) is 2.96. The molecule has 0 amide bonds. The number of ether oxygens (including phenoxy) is 1. The van der Waals surface area contributed by atoms with E-state index in [1.165, 1.54) is 24.3 Å². The van der Waals surface area contributed by atoms with Crippen LogP contribution in [0.25, 0.3) is 17.2 Å². The van der Waals surface area contributed by atoms with E-state index in [4.69, 9.17) is 10.9 Å². The van der Waals surface area contributed by atoms with Crippen molar-refractivity contribution in [1.82, 2.24) is 19.7 Å². The number of aromatic nitrogens is 4. The minimum Gasteiger partial charge on any atom is -0.465 e. The molecule has 0 aliphatic heterocycles. The summed E-state index contributed by atoms with van der Waals surface area (Å²) in [4.78, 5) is 19.2. The molecule has 10 nitrogen and oxygen atoms in total. The predicted molar refractivity (Wildman–Crippen MR) is 126 cm³/mol. The van der Waals surface area contributed by atoms with E-state index in [9.17, 15) is 26.4 Å². The summed E-state index contributed by atoms with van der Waals surface area (Å²) in [5.74, 6) is -1.81. The maximum Gasteiger partial charge on any atom is 0.434 e. The molecule has 0 saturated heterocycles. The fourth-order valence-electron chi connectivity index (χ4n) is 3.57. The molecule has 0 aliphatic rings. The molecule has 0 fully saturated rings. The number of nitrogens with zero attached hydrogens (tertiary/aromatic N) is 4. The second-order valence-corrected chi connectivity index (χ2v) is 9.34. The van der Waals surface area contributed by atoms with Crippen LogP contribution < -0.4 is 10.9 Å². The lowest BCUT2D eigenvalue weighted by molar-refractivity contribution is -0.141. The summed E-state index contributed by atoms with van der Waals surface area (Å²) in [6.07, 6.45) is -4.14. The van der Waals surface area contributed by atoms with Crippen molar-refractivity contribution in [2.45, 2.75) is 17.5 Å². The van der Waals surface area contributed by atoms with Crippen molar-refractivity contribution < 1.29 is 31.1 Å². The summed E-state index contributed by atoms with van der Waals surface area (Å²) in [6.45, 7) is 0. The second kappa shape index (κ2) is 9.63. The van der Waals surface area contributed by atoms with Crippen molar-refractivity contribution in [3.63, 3.8) is 0 Å². The number of carbonyl (C=O) groups excluding carboxylic acids is 1. The van der Waals surface area contributed by atoms with Gasteiger partial charge in [0.1, 0.15) is 11.4 Å². The van der Waals surface area contributed by atoms with Crippen LogP contribution >= 0.6 is 0 Å². The van der Waals surface area contributed by atoms with Crippen LogP contribution in [0.4, 0.5) is 19.0 Å². The molecule has 2 aromatic heterocycles. The summed E-state index contributed by atoms with van der Waals surface area (Å²) in [5, 5.41) is 9.54. The summed E-state index contributed by atoms with van der Waals surface area (Å²) in [5.41, 5.74) is 6.01. The normalized spacial score (nSPS) is 11.9. The Labute approximate surface area is 208 Å². The van der Waals surface area contributed by atoms with Crippen molar-refractivity contribution in [1.29, 1.82) is 0 Å². The van der Waals surface area contributed by atoms with E-state index in [0.29, 0.717) is 28.6 Å². The summed E-state index contributed by atoms with van der Waals surface area (Å²) in [7, 11) is -2.95. The van der Waals surface area contributed by atoms with E-state index in [-0.39, 0.29) is 17.1 Å². The van der Waals surface area contributed by atoms with Crippen LogP contribution in [0.5, 0.6) is 0 Å². The Morgan fingerprint density at radius 1 is 1.08 bits per heavy atom. The van der Waals surface area contributed by atoms with Gasteiger partial charge in [0.05, 0.1) is 17.7 Å². The van der Waals surface area contributed by atoms with Gasteiger partial charge >= 0.3 is 12.1 Å². The highest BCUT2D eigenvalue weighted by molar-refractivity contribution is 7.89. The maximum absolute atomic E-state index is 13.7. The van der Waals surface area contributed by atoms with Crippen LogP contribution in [-0.2, 0) is 27.4 Å². The molecule has 0 bridgehead atoms. The Hall–Kier alpha value is -4.30. The van der Waals surface area contributed by atoms with Gasteiger partial charge < -0.3 is 10.5 Å². The third-order valence-corrected chi connectivity index (χ3v) is 6.27. The average Bonchev–Trinajstić information content (AvgIpc) is 3.18. The highest BCUT2D eigenvalue weighted by Crippen LogP contribution is 2.33. The molecule has 0 spiro atoms. The smallest absolute Gasteiger partial charge is 0.434 e.